The molecular formula is C107H125BBrClN8NaO20P2S2+. The Bertz CT molecular complexity index is 6650. The maximum atomic E-state index is 13.7. The average Bonchev–Trinajstić information content (AvgIpc) is 1.67. The van der Waals surface area contributed by atoms with Crippen molar-refractivity contribution in [3.05, 3.63) is 320 Å². The number of esters is 2. The molecule has 0 bridgehead atoms. The molecular weight excluding hydrogens is 1990 g/mol. The van der Waals surface area contributed by atoms with Crippen LogP contribution in [0.1, 0.15) is 190 Å². The van der Waals surface area contributed by atoms with Crippen molar-refractivity contribution in [2.24, 2.45) is 22.2 Å². The van der Waals surface area contributed by atoms with Gasteiger partial charge in [-0.2, -0.15) is 35.2 Å². The van der Waals surface area contributed by atoms with Gasteiger partial charge in [-0.05, 0) is 272 Å². The minimum absolute atomic E-state index is 0. The number of carbonyl (C=O) groups is 3. The van der Waals surface area contributed by atoms with E-state index in [0.29, 0.717) is 129 Å². The van der Waals surface area contributed by atoms with Crippen LogP contribution < -0.4 is 71.3 Å². The van der Waals surface area contributed by atoms with Crippen LogP contribution in [0, 0.1) is 13.8 Å². The molecule has 0 amide bonds. The number of aliphatic carboxylic acids is 1. The van der Waals surface area contributed by atoms with Crippen LogP contribution in [-0.2, 0) is 123 Å². The van der Waals surface area contributed by atoms with Gasteiger partial charge in [0.1, 0.15) is 54.0 Å². The minimum atomic E-state index is -3.97. The molecule has 10 N–H and O–H groups in total. The van der Waals surface area contributed by atoms with E-state index in [4.69, 9.17) is 65.4 Å². The third-order valence-electron chi connectivity index (χ3n) is 25.1. The SMILES string of the molecule is C.CCOC(=O)Cc1ccccc1OCc1cc(-c2cccc(CN)c2)c2cnn(S(=O)(=O)c3ccc(C)cc3)c2c1.CCOC(=O)Cc1ccccc1OCc1cc(Br)c2cnn(S(=O)(=O)c3ccc(C)cc3)c2c1.Cl.NCc1cccc(-c2cc(COc3ccccc3CC(=O)O)cc3c2C=NC3)c1.NCc1cccc(B(O)O)c1.O=[P+]([O-])OO[P+](C1CCCCC1)(C1CCCCC1)C1CCCCC1.[Na+].[OH-]. The molecule has 3 saturated carbocycles. The summed E-state index contributed by atoms with van der Waals surface area (Å²) in [5.41, 5.74) is 35.8. The molecule has 0 spiro atoms. The van der Waals surface area contributed by atoms with Gasteiger partial charge in [0.2, 0.25) is 7.49 Å². The van der Waals surface area contributed by atoms with Gasteiger partial charge in [-0.1, -0.05) is 193 Å². The zero-order valence-corrected chi connectivity index (χ0v) is 88.2. The van der Waals surface area contributed by atoms with Crippen molar-refractivity contribution >= 4 is 123 Å². The summed E-state index contributed by atoms with van der Waals surface area (Å²) >= 11 is 3.52. The van der Waals surface area contributed by atoms with E-state index in [2.05, 4.69) is 55.4 Å². The van der Waals surface area contributed by atoms with Crippen LogP contribution in [0.5, 0.6) is 17.2 Å². The molecule has 4 aliphatic rings. The van der Waals surface area contributed by atoms with Crippen LogP contribution in [0.4, 0.5) is 0 Å². The molecule has 1 unspecified atom stereocenters. The molecule has 143 heavy (non-hydrogen) atoms. The predicted octanol–water partition coefficient (Wildman–Crippen LogP) is 17.0. The summed E-state index contributed by atoms with van der Waals surface area (Å²) in [5, 5.41) is 36.5. The summed E-state index contributed by atoms with van der Waals surface area (Å²) in [5.74, 6) is 0.169. The third kappa shape index (κ3) is 30.9. The summed E-state index contributed by atoms with van der Waals surface area (Å²) in [7, 11) is -14.0. The molecule has 752 valence electrons. The summed E-state index contributed by atoms with van der Waals surface area (Å²) in [6.45, 7) is 10.5. The molecule has 1 aliphatic heterocycles. The summed E-state index contributed by atoms with van der Waals surface area (Å²) in [4.78, 5) is 51.1. The number of hydrogen-bond donors (Lipinski definition) is 6. The summed E-state index contributed by atoms with van der Waals surface area (Å²) in [6, 6.07) is 69.6. The number of aromatic nitrogens is 4. The molecule has 0 radical (unpaired) electrons. The number of halogens is 2. The van der Waals surface area contributed by atoms with E-state index < -0.39 is 48.9 Å². The van der Waals surface area contributed by atoms with Crippen molar-refractivity contribution in [1.29, 1.82) is 0 Å². The van der Waals surface area contributed by atoms with Crippen molar-refractivity contribution in [1.82, 2.24) is 18.4 Å². The Balaban J connectivity index is 0.000000206. The summed E-state index contributed by atoms with van der Waals surface area (Å²) in [6.07, 6.45) is 24.1. The van der Waals surface area contributed by atoms with Crippen LogP contribution in [0.2, 0.25) is 0 Å². The maximum absolute atomic E-state index is 13.7. The molecule has 13 aromatic rings. The normalized spacial score (nSPS) is 13.7. The quantitative estimate of drug-likeness (QED) is 0.00731. The van der Waals surface area contributed by atoms with Crippen molar-refractivity contribution < 1.29 is 124 Å². The van der Waals surface area contributed by atoms with Crippen LogP contribution in [-0.4, -0.2) is 117 Å². The Morgan fingerprint density at radius 1 is 0.503 bits per heavy atom. The average molecular weight is 2120 g/mol. The van der Waals surface area contributed by atoms with Crippen LogP contribution in [0.15, 0.2) is 262 Å². The molecule has 1 atom stereocenters. The van der Waals surface area contributed by atoms with E-state index in [1.54, 1.807) is 123 Å². The molecule has 17 rings (SSSR count). The van der Waals surface area contributed by atoms with Crippen molar-refractivity contribution in [3.8, 4) is 39.5 Å². The number of benzene rings is 11. The number of nitrogens with zero attached hydrogens (tertiary/aromatic N) is 5. The number of rotatable bonds is 33. The van der Waals surface area contributed by atoms with Crippen molar-refractivity contribution in [2.45, 2.75) is 223 Å². The zero-order chi connectivity index (χ0) is 98.6. The van der Waals surface area contributed by atoms with E-state index in [0.717, 1.165) is 86.1 Å². The standard InChI is InChI=1S/C32H31N3O5S.C25H23BrN2O5S.C24H22N2O3.C18H33O4P2.C7H10BNO2.CH4.ClH.Na.H2O/c1-3-39-32(36)18-26-8-4-5-10-31(26)40-21-24-16-28(25-9-6-7-23(15-25)19-33)29-20-34-35(30(29)17-24)41(37,38)27-13-11-22(2)12-14-27;1-3-32-25(29)14-19-6-4-5-7-24(19)33-16-18-12-22(26)21-15-27-28(23(21)13-18)34(30,31)20-10-8-17(2)9-11-20;25-12-16-4-3-6-18(8-16)21-10-17(9-20-13-26-14-22(20)21)15-29-23-7-2-1-5-19(23)11-24(27)28;19-23(20)21-22-24(16-10-4-1-5-11-16,17-12-6-2-7-13-17)18-14-8-3-9-15-18;9-5-6-2-1-3-7(4-6)8(10)11;;;;/h4-17,20H,3,18-19,21,33H2,1-2H3;4-13,15H,3,14,16H2,1-2H3;1-10,14H,11-13,15,25H2,(H,27,28);16-18H,1-15H2;1-4,10-11H,5,9H2;1H4;1H;;1H2/q;;;+1;;;;+1;/p-1. The first-order chi connectivity index (χ1) is 67.2. The number of carboxylic acids is 1. The van der Waals surface area contributed by atoms with Crippen LogP contribution in [0.3, 0.4) is 0 Å². The van der Waals surface area contributed by atoms with Gasteiger partial charge >= 0.3 is 62.8 Å². The summed E-state index contributed by atoms with van der Waals surface area (Å²) < 4.78 is 107. The monoisotopic (exact) mass is 2120 g/mol. The molecule has 3 heterocycles. The van der Waals surface area contributed by atoms with Gasteiger partial charge in [0, 0.05) is 63.3 Å². The minimum Gasteiger partial charge on any atom is -0.870 e. The van der Waals surface area contributed by atoms with E-state index in [9.17, 15) is 40.7 Å². The number of nitrogens with two attached hydrogens (primary N) is 3. The van der Waals surface area contributed by atoms with Gasteiger partial charge in [0.15, 0.2) is 0 Å². The van der Waals surface area contributed by atoms with E-state index in [1.807, 2.05) is 123 Å². The van der Waals surface area contributed by atoms with Crippen molar-refractivity contribution in [2.75, 3.05) is 13.2 Å². The Kier molecular flexibility index (Phi) is 45.9. The second-order valence-corrected chi connectivity index (χ2v) is 43.6. The van der Waals surface area contributed by atoms with Gasteiger partial charge < -0.3 is 66.4 Å². The number of hydrogen-bond acceptors (Lipinski definition) is 25. The molecule has 3 aliphatic carbocycles. The first kappa shape index (κ1) is 116. The fourth-order valence-electron chi connectivity index (χ4n) is 18.3. The number of ether oxygens (including phenoxy) is 5. The largest absolute Gasteiger partial charge is 1.00 e. The van der Waals surface area contributed by atoms with Crippen LogP contribution >= 0.6 is 44.1 Å². The second-order valence-electron chi connectivity index (χ2n) is 34.8. The number of aliphatic imine (C=N–C) groups is 1. The van der Waals surface area contributed by atoms with Crippen LogP contribution in [0.25, 0.3) is 44.1 Å². The first-order valence-electron chi connectivity index (χ1n) is 46.9. The third-order valence-corrected chi connectivity index (χ3v) is 34.6. The zero-order valence-electron chi connectivity index (χ0n) is 80.4. The van der Waals surface area contributed by atoms with Crippen molar-refractivity contribution in [3.63, 3.8) is 0 Å². The molecule has 2 aromatic heterocycles. The Morgan fingerprint density at radius 2 is 0.895 bits per heavy atom. The number of para-hydroxylation sites is 3. The van der Waals surface area contributed by atoms with Gasteiger partial charge in [-0.25, -0.2) is 0 Å². The molecule has 3 fully saturated rings. The van der Waals surface area contributed by atoms with Gasteiger partial charge in [-0.3, -0.25) is 19.4 Å². The fourth-order valence-corrected chi connectivity index (χ4v) is 27.8. The van der Waals surface area contributed by atoms with E-state index in [1.165, 1.54) is 103 Å². The fraction of sp³-hybridized carbons (Fsp3) is 0.327. The molecule has 28 nitrogen and oxygen atoms in total. The van der Waals surface area contributed by atoms with E-state index in [-0.39, 0.29) is 109 Å². The molecule has 0 saturated heterocycles. The van der Waals surface area contributed by atoms with Gasteiger partial charge in [-0.15, -0.1) is 12.4 Å². The van der Waals surface area contributed by atoms with Gasteiger partial charge in [0.05, 0.1) is 76.9 Å². The molecule has 11 aromatic carbocycles. The predicted molar refractivity (Wildman–Crippen MR) is 561 cm³/mol. The number of fused-ring (bicyclic) bond motifs is 3. The van der Waals surface area contributed by atoms with Gasteiger partial charge in [0.25, 0.3) is 20.0 Å². The number of aryl methyl sites for hydroxylation is 2. The second kappa shape index (κ2) is 56.4. The topological polar surface area (TPSA) is 441 Å². The number of carbonyl (C=O) groups excluding carboxylic acids is 2. The molecule has 36 heteroatoms. The smallest absolute Gasteiger partial charge is 0.870 e. The maximum Gasteiger partial charge on any atom is 1.00 e. The van der Waals surface area contributed by atoms with E-state index >= 15 is 0 Å². The Hall–Kier alpha value is -10.3. The Morgan fingerprint density at radius 3 is 1.32 bits per heavy atom. The first-order valence-corrected chi connectivity index (χ1v) is 53.6. The Labute approximate surface area is 875 Å². The number of carboxylic acid groups (broad SMARTS) is 1.